The number of alkyl halides is 2. The Morgan fingerprint density at radius 3 is 2.00 bits per heavy atom. The van der Waals surface area contributed by atoms with Crippen molar-refractivity contribution in [2.45, 2.75) is 25.7 Å². The third kappa shape index (κ3) is 6.72. The van der Waals surface area contributed by atoms with Crippen molar-refractivity contribution in [2.75, 3.05) is 0 Å². The van der Waals surface area contributed by atoms with Gasteiger partial charge in [0.15, 0.2) is 5.91 Å². The molecule has 4 atom stereocenters. The molecule has 0 aliphatic carbocycles. The molecule has 0 aromatic carbocycles. The summed E-state index contributed by atoms with van der Waals surface area (Å²) >= 11 is 0. The lowest BCUT2D eigenvalue weighted by Crippen LogP contribution is -1.78. The van der Waals surface area contributed by atoms with Crippen LogP contribution in [0.2, 0.25) is 0 Å². The van der Waals surface area contributed by atoms with Gasteiger partial charge in [-0.2, -0.15) is 0 Å². The van der Waals surface area contributed by atoms with Crippen LogP contribution >= 0.6 is 16.5 Å². The van der Waals surface area contributed by atoms with Crippen LogP contribution in [0.15, 0.2) is 0 Å². The molecule has 0 saturated carbocycles. The average Bonchev–Trinajstić information content (AvgIpc) is 1.61. The summed E-state index contributed by atoms with van der Waals surface area (Å²) in [5, 5.41) is 0. The standard InChI is InChI=1S/C4H10F2P2/c1-3(5)7-8-4(2)6/h3-4,7-8H,1-2H3/p+1. The molecule has 50 valence electrons. The van der Waals surface area contributed by atoms with Gasteiger partial charge in [-0.05, 0) is 6.92 Å². The van der Waals surface area contributed by atoms with Crippen LogP contribution in [-0.2, 0) is 0 Å². The molecule has 0 aliphatic rings. The van der Waals surface area contributed by atoms with Crippen LogP contribution in [0.1, 0.15) is 13.8 Å². The lowest BCUT2D eigenvalue weighted by atomic mass is 10.9. The zero-order valence-electron chi connectivity index (χ0n) is 4.99. The van der Waals surface area contributed by atoms with Gasteiger partial charge >= 0.3 is 0 Å². The fraction of sp³-hybridized carbons (Fsp3) is 1.00. The van der Waals surface area contributed by atoms with Crippen molar-refractivity contribution in [3.63, 3.8) is 0 Å². The van der Waals surface area contributed by atoms with Gasteiger partial charge in [0.25, 0.3) is 0 Å². The maximum atomic E-state index is 11.9. The summed E-state index contributed by atoms with van der Waals surface area (Å²) in [5.74, 6) is -1.55. The summed E-state index contributed by atoms with van der Waals surface area (Å²) in [4.78, 5) is 0. The number of hydrogen-bond donors (Lipinski definition) is 0. The maximum Gasteiger partial charge on any atom is 0.199 e. The van der Waals surface area contributed by atoms with E-state index in [-0.39, 0.29) is 16.5 Å². The zero-order valence-corrected chi connectivity index (χ0v) is 7.14. The molecule has 0 amide bonds. The zero-order chi connectivity index (χ0) is 6.57. The Morgan fingerprint density at radius 2 is 1.88 bits per heavy atom. The first-order valence-corrected chi connectivity index (χ1v) is 6.06. The quantitative estimate of drug-likeness (QED) is 0.555. The monoisotopic (exact) mass is 159 g/mol. The SMILES string of the molecule is CC(F)P[PH2+]C(C)F. The third-order valence-corrected chi connectivity index (χ3v) is 5.00. The molecule has 0 heterocycles. The first-order valence-electron chi connectivity index (χ1n) is 2.50. The van der Waals surface area contributed by atoms with E-state index < -0.39 is 11.8 Å². The number of rotatable bonds is 3. The highest BCUT2D eigenvalue weighted by Crippen LogP contribution is 2.45. The van der Waals surface area contributed by atoms with Crippen LogP contribution < -0.4 is 0 Å². The molecule has 0 aromatic heterocycles. The van der Waals surface area contributed by atoms with Gasteiger partial charge in [-0.15, -0.1) is 0 Å². The molecule has 0 nitrogen and oxygen atoms in total. The van der Waals surface area contributed by atoms with Crippen molar-refractivity contribution < 1.29 is 8.78 Å². The second-order valence-corrected chi connectivity index (χ2v) is 6.01. The van der Waals surface area contributed by atoms with E-state index >= 15 is 0 Å². The smallest absolute Gasteiger partial charge is 0.199 e. The Hall–Kier alpha value is 0.720. The Labute approximate surface area is 51.9 Å². The second kappa shape index (κ2) is 4.58. The van der Waals surface area contributed by atoms with Crippen LogP contribution in [0.25, 0.3) is 0 Å². The summed E-state index contributed by atoms with van der Waals surface area (Å²) in [5.41, 5.74) is 0. The van der Waals surface area contributed by atoms with Gasteiger partial charge in [0.05, 0.1) is 8.27 Å². The van der Waals surface area contributed by atoms with Crippen LogP contribution in [0.5, 0.6) is 0 Å². The van der Waals surface area contributed by atoms with E-state index in [0.717, 1.165) is 0 Å². The molecule has 0 radical (unpaired) electrons. The van der Waals surface area contributed by atoms with E-state index in [1.54, 1.807) is 0 Å². The fourth-order valence-electron chi connectivity index (χ4n) is 0.265. The normalized spacial score (nSPS) is 21.0. The Balaban J connectivity index is 2.93. The fourth-order valence-corrected chi connectivity index (χ4v) is 2.39. The van der Waals surface area contributed by atoms with Crippen LogP contribution in [-0.4, -0.2) is 11.8 Å². The minimum atomic E-state index is -0.789. The molecule has 4 unspecified atom stereocenters. The highest BCUT2D eigenvalue weighted by molar-refractivity contribution is 8.12. The van der Waals surface area contributed by atoms with E-state index in [1.807, 2.05) is 0 Å². The molecule has 0 N–H and O–H groups in total. The summed E-state index contributed by atoms with van der Waals surface area (Å²) < 4.78 is 23.9. The van der Waals surface area contributed by atoms with E-state index in [4.69, 9.17) is 0 Å². The largest absolute Gasteiger partial charge is 0.239 e. The molecule has 8 heavy (non-hydrogen) atoms. The van der Waals surface area contributed by atoms with E-state index in [2.05, 4.69) is 0 Å². The van der Waals surface area contributed by atoms with Crippen molar-refractivity contribution in [3.05, 3.63) is 0 Å². The lowest BCUT2D eigenvalue weighted by Gasteiger charge is -1.94. The molecule has 0 aromatic rings. The van der Waals surface area contributed by atoms with E-state index in [9.17, 15) is 8.78 Å². The predicted molar refractivity (Wildman–Crippen MR) is 39.2 cm³/mol. The predicted octanol–water partition coefficient (Wildman–Crippen LogP) is 2.62. The first-order chi connectivity index (χ1) is 3.63. The molecular weight excluding hydrogens is 148 g/mol. The van der Waals surface area contributed by atoms with Crippen LogP contribution in [0, 0.1) is 0 Å². The molecule has 0 spiro atoms. The Kier molecular flexibility index (Phi) is 5.00. The number of hydrogen-bond acceptors (Lipinski definition) is 0. The first kappa shape index (κ1) is 8.72. The van der Waals surface area contributed by atoms with Gasteiger partial charge in [-0.3, -0.25) is 0 Å². The molecule has 0 saturated heterocycles. The highest BCUT2D eigenvalue weighted by atomic mass is 32.0. The van der Waals surface area contributed by atoms with Crippen molar-refractivity contribution in [3.8, 4) is 0 Å². The second-order valence-electron chi connectivity index (χ2n) is 1.63. The van der Waals surface area contributed by atoms with Gasteiger partial charge in [-0.1, -0.05) is 0 Å². The highest BCUT2D eigenvalue weighted by Gasteiger charge is 2.08. The minimum absolute atomic E-state index is 0.211. The van der Waals surface area contributed by atoms with Gasteiger partial charge in [0.1, 0.15) is 5.91 Å². The van der Waals surface area contributed by atoms with Crippen LogP contribution in [0.3, 0.4) is 0 Å². The molecule has 0 aliphatic heterocycles. The van der Waals surface area contributed by atoms with Crippen molar-refractivity contribution >= 4 is 16.5 Å². The van der Waals surface area contributed by atoms with Crippen molar-refractivity contribution in [1.29, 1.82) is 0 Å². The molecule has 0 bridgehead atoms. The van der Waals surface area contributed by atoms with Gasteiger partial charge in [-0.25, -0.2) is 8.78 Å². The average molecular weight is 159 g/mol. The maximum absolute atomic E-state index is 11.9. The lowest BCUT2D eigenvalue weighted by molar-refractivity contribution is 0.475. The van der Waals surface area contributed by atoms with Crippen molar-refractivity contribution in [1.82, 2.24) is 0 Å². The summed E-state index contributed by atoms with van der Waals surface area (Å²) in [6, 6.07) is 0. The van der Waals surface area contributed by atoms with E-state index in [1.165, 1.54) is 13.8 Å². The third-order valence-electron chi connectivity index (χ3n) is 0.556. The van der Waals surface area contributed by atoms with Crippen LogP contribution in [0.4, 0.5) is 8.78 Å². The Morgan fingerprint density at radius 1 is 1.38 bits per heavy atom. The summed E-state index contributed by atoms with van der Waals surface area (Å²) in [6.45, 7) is 2.97. The Bertz CT molecular complexity index is 48.0. The topological polar surface area (TPSA) is 0 Å². The van der Waals surface area contributed by atoms with Crippen molar-refractivity contribution in [2.24, 2.45) is 0 Å². The minimum Gasteiger partial charge on any atom is -0.239 e. The summed E-state index contributed by atoms with van der Waals surface area (Å²) in [6.07, 6.45) is 0. The van der Waals surface area contributed by atoms with Gasteiger partial charge in [0, 0.05) is 15.2 Å². The molecule has 0 rings (SSSR count). The van der Waals surface area contributed by atoms with Gasteiger partial charge < -0.3 is 0 Å². The van der Waals surface area contributed by atoms with Gasteiger partial charge in [0.2, 0.25) is 0 Å². The van der Waals surface area contributed by atoms with E-state index in [0.29, 0.717) is 0 Å². The summed E-state index contributed by atoms with van der Waals surface area (Å²) in [7, 11) is -0.0694. The number of halogens is 2. The molecule has 4 heteroatoms. The molecule has 0 fully saturated rings. The molecular formula is C4H11F2P2+.